The van der Waals surface area contributed by atoms with E-state index in [1.807, 2.05) is 0 Å². The predicted octanol–water partition coefficient (Wildman–Crippen LogP) is 1.32. The van der Waals surface area contributed by atoms with Gasteiger partial charge in [0.25, 0.3) is 0 Å². The van der Waals surface area contributed by atoms with Crippen LogP contribution in [0.1, 0.15) is 17.3 Å². The highest BCUT2D eigenvalue weighted by Gasteiger charge is 2.67. The minimum atomic E-state index is -1.16. The Hall–Kier alpha value is -2.22. The van der Waals surface area contributed by atoms with E-state index in [0.717, 1.165) is 4.90 Å². The van der Waals surface area contributed by atoms with Crippen molar-refractivity contribution in [2.45, 2.75) is 18.6 Å². The summed E-state index contributed by atoms with van der Waals surface area (Å²) in [6.07, 6.45) is 2.82. The lowest BCUT2D eigenvalue weighted by Crippen LogP contribution is -2.43. The van der Waals surface area contributed by atoms with Crippen LogP contribution in [0.15, 0.2) is 30.4 Å². The van der Waals surface area contributed by atoms with Gasteiger partial charge in [-0.15, -0.1) is 0 Å². The molecule has 0 spiro atoms. The van der Waals surface area contributed by atoms with Gasteiger partial charge in [0.1, 0.15) is 5.60 Å². The van der Waals surface area contributed by atoms with Gasteiger partial charge in [0, 0.05) is 0 Å². The molecule has 0 saturated carbocycles. The summed E-state index contributed by atoms with van der Waals surface area (Å²) >= 11 is 6.05. The van der Waals surface area contributed by atoms with E-state index in [-0.39, 0.29) is 29.5 Å². The van der Waals surface area contributed by atoms with Crippen LogP contribution in [0, 0.1) is 11.8 Å². The minimum Gasteiger partial charge on any atom is -0.462 e. The summed E-state index contributed by atoms with van der Waals surface area (Å²) in [7, 11) is 0. The smallest absolute Gasteiger partial charge is 0.339 e. The second-order valence-corrected chi connectivity index (χ2v) is 6.86. The number of imide groups is 1. The molecule has 1 N–H and O–H groups in total. The van der Waals surface area contributed by atoms with E-state index < -0.39 is 41.3 Å². The molecule has 0 aromatic heterocycles. The van der Waals surface area contributed by atoms with E-state index in [1.54, 1.807) is 19.1 Å². The van der Waals surface area contributed by atoms with Crippen molar-refractivity contribution in [3.8, 4) is 0 Å². The number of fused-ring (bicyclic) bond motifs is 5. The van der Waals surface area contributed by atoms with Gasteiger partial charge in [0.15, 0.2) is 0 Å². The number of carbonyl (C=O) groups is 3. The number of ether oxygens (including phenoxy) is 2. The summed E-state index contributed by atoms with van der Waals surface area (Å²) in [6, 6.07) is 4.33. The van der Waals surface area contributed by atoms with E-state index >= 15 is 0 Å². The summed E-state index contributed by atoms with van der Waals surface area (Å²) in [6.45, 7) is 1.46. The van der Waals surface area contributed by atoms with E-state index in [2.05, 4.69) is 0 Å². The first-order valence-corrected chi connectivity index (χ1v) is 8.64. The third-order valence-electron chi connectivity index (χ3n) is 5.11. The van der Waals surface area contributed by atoms with Crippen LogP contribution in [0.25, 0.3) is 0 Å². The Bertz CT molecular complexity index is 852. The lowest BCUT2D eigenvalue weighted by atomic mass is 9.77. The monoisotopic (exact) mass is 377 g/mol. The van der Waals surface area contributed by atoms with Gasteiger partial charge in [-0.2, -0.15) is 0 Å². The third-order valence-corrected chi connectivity index (χ3v) is 5.44. The Morgan fingerprint density at radius 1 is 1.38 bits per heavy atom. The van der Waals surface area contributed by atoms with Crippen molar-refractivity contribution < 1.29 is 29.0 Å². The highest BCUT2D eigenvalue weighted by atomic mass is 35.5. The molecular weight excluding hydrogens is 362 g/mol. The molecule has 1 aromatic rings. The quantitative estimate of drug-likeness (QED) is 0.483. The van der Waals surface area contributed by atoms with Crippen LogP contribution in [0.2, 0.25) is 5.02 Å². The number of aliphatic hydroxyl groups is 1. The number of aliphatic hydroxyl groups excluding tert-OH is 1. The molecule has 0 radical (unpaired) electrons. The zero-order chi connectivity index (χ0) is 18.6. The number of carbonyl (C=O) groups excluding carboxylic acids is 3. The summed E-state index contributed by atoms with van der Waals surface area (Å²) in [5, 5.41) is 9.90. The Morgan fingerprint density at radius 3 is 2.85 bits per heavy atom. The number of anilines is 1. The first-order valence-electron chi connectivity index (χ1n) is 8.26. The topological polar surface area (TPSA) is 93.1 Å². The molecule has 1 aromatic carbocycles. The molecule has 8 heteroatoms. The fourth-order valence-electron chi connectivity index (χ4n) is 3.96. The van der Waals surface area contributed by atoms with Crippen molar-refractivity contribution in [2.75, 3.05) is 18.1 Å². The number of benzene rings is 1. The maximum absolute atomic E-state index is 13.0. The van der Waals surface area contributed by atoms with Gasteiger partial charge in [-0.25, -0.2) is 9.69 Å². The molecule has 3 aliphatic rings. The molecule has 4 rings (SSSR count). The maximum atomic E-state index is 13.0. The number of hydrogen-bond acceptors (Lipinski definition) is 6. The van der Waals surface area contributed by atoms with Crippen LogP contribution >= 0.6 is 11.6 Å². The molecule has 0 aliphatic carbocycles. The molecule has 3 heterocycles. The van der Waals surface area contributed by atoms with Gasteiger partial charge >= 0.3 is 5.97 Å². The van der Waals surface area contributed by atoms with Crippen LogP contribution in [0.3, 0.4) is 0 Å². The lowest BCUT2D eigenvalue weighted by molar-refractivity contribution is -0.128. The Morgan fingerprint density at radius 2 is 2.15 bits per heavy atom. The fraction of sp³-hybridized carbons (Fsp3) is 0.389. The number of nitrogens with zero attached hydrogens (tertiary/aromatic N) is 1. The summed E-state index contributed by atoms with van der Waals surface area (Å²) in [5.41, 5.74) is -0.833. The maximum Gasteiger partial charge on any atom is 0.339 e. The van der Waals surface area contributed by atoms with Crippen molar-refractivity contribution >= 4 is 35.1 Å². The normalized spacial score (nSPS) is 31.7. The van der Waals surface area contributed by atoms with Crippen LogP contribution in [-0.2, 0) is 19.1 Å². The number of amides is 2. The molecule has 0 unspecified atom stereocenters. The number of esters is 1. The van der Waals surface area contributed by atoms with E-state index in [4.69, 9.17) is 21.1 Å². The molecule has 2 saturated heterocycles. The SMILES string of the molecule is CCOC(=O)c1cc(N2C(=O)[C@@H]3[C@@H]4C=C[C@](CO)(O4)[C@@H]3C2=O)ccc1Cl. The molecule has 4 atom stereocenters. The lowest BCUT2D eigenvalue weighted by Gasteiger charge is -2.26. The second-order valence-electron chi connectivity index (χ2n) is 6.45. The predicted molar refractivity (Wildman–Crippen MR) is 90.7 cm³/mol. The van der Waals surface area contributed by atoms with Crippen molar-refractivity contribution in [3.05, 3.63) is 40.9 Å². The molecule has 136 valence electrons. The summed E-state index contributed by atoms with van der Waals surface area (Å²) in [4.78, 5) is 39.0. The van der Waals surface area contributed by atoms with Crippen molar-refractivity contribution in [1.29, 1.82) is 0 Å². The fourth-order valence-corrected chi connectivity index (χ4v) is 4.15. The Kier molecular flexibility index (Phi) is 3.91. The highest BCUT2D eigenvalue weighted by Crippen LogP contribution is 2.52. The third kappa shape index (κ3) is 2.17. The van der Waals surface area contributed by atoms with Gasteiger partial charge in [0.05, 0.1) is 47.4 Å². The van der Waals surface area contributed by atoms with Gasteiger partial charge in [-0.3, -0.25) is 9.59 Å². The number of hydrogen-bond donors (Lipinski definition) is 1. The largest absolute Gasteiger partial charge is 0.462 e. The highest BCUT2D eigenvalue weighted by molar-refractivity contribution is 6.34. The minimum absolute atomic E-state index is 0.0814. The summed E-state index contributed by atoms with van der Waals surface area (Å²) < 4.78 is 10.6. The molecule has 2 amide bonds. The van der Waals surface area contributed by atoms with Gasteiger partial charge < -0.3 is 14.6 Å². The van der Waals surface area contributed by atoms with E-state index in [9.17, 15) is 19.5 Å². The zero-order valence-electron chi connectivity index (χ0n) is 13.8. The molecular formula is C18H16ClNO6. The van der Waals surface area contributed by atoms with Crippen LogP contribution in [0.4, 0.5) is 5.69 Å². The number of halogens is 1. The average molecular weight is 378 g/mol. The Labute approximate surface area is 154 Å². The summed E-state index contributed by atoms with van der Waals surface area (Å²) in [5.74, 6) is -2.96. The standard InChI is InChI=1S/C18H16ClNO6/c1-2-25-17(24)10-7-9(3-4-11(10)19)20-15(22)13-12-5-6-18(8-21,26-12)14(13)16(20)23/h3-7,12-14,21H,2,8H2,1H3/t12-,13+,14-,18+/m0/s1. The Balaban J connectivity index is 1.72. The van der Waals surface area contributed by atoms with Crippen molar-refractivity contribution in [3.63, 3.8) is 0 Å². The molecule has 2 fully saturated rings. The van der Waals surface area contributed by atoms with Crippen molar-refractivity contribution in [1.82, 2.24) is 0 Å². The van der Waals surface area contributed by atoms with Crippen LogP contribution < -0.4 is 4.90 Å². The van der Waals surface area contributed by atoms with Gasteiger partial charge in [-0.1, -0.05) is 23.8 Å². The molecule has 3 aliphatic heterocycles. The first-order chi connectivity index (χ1) is 12.4. The van der Waals surface area contributed by atoms with Crippen LogP contribution in [-0.4, -0.2) is 47.8 Å². The molecule has 2 bridgehead atoms. The van der Waals surface area contributed by atoms with Gasteiger partial charge in [-0.05, 0) is 25.1 Å². The van der Waals surface area contributed by atoms with Crippen molar-refractivity contribution in [2.24, 2.45) is 11.8 Å². The molecule has 26 heavy (non-hydrogen) atoms. The van der Waals surface area contributed by atoms with Gasteiger partial charge in [0.2, 0.25) is 11.8 Å². The van der Waals surface area contributed by atoms with Crippen LogP contribution in [0.5, 0.6) is 0 Å². The van der Waals surface area contributed by atoms with E-state index in [0.29, 0.717) is 0 Å². The van der Waals surface area contributed by atoms with E-state index in [1.165, 1.54) is 18.2 Å². The second kappa shape index (κ2) is 5.90. The zero-order valence-corrected chi connectivity index (χ0v) is 14.6. The average Bonchev–Trinajstić information content (AvgIpc) is 3.27. The molecule has 7 nitrogen and oxygen atoms in total. The number of rotatable bonds is 4. The first kappa shape index (κ1) is 17.2.